The minimum atomic E-state index is 1.12. The van der Waals surface area contributed by atoms with Crippen LogP contribution in [0.15, 0.2) is 0 Å². The lowest BCUT2D eigenvalue weighted by Crippen LogP contribution is -2.37. The monoisotopic (exact) mass is 194 g/mol. The fourth-order valence-electron chi connectivity index (χ4n) is 4.57. The second kappa shape index (κ2) is 2.48. The first-order chi connectivity index (χ1) is 6.43. The Labute approximate surface area is 84.9 Å². The maximum absolute atomic E-state index is 2.33. The summed E-state index contributed by atoms with van der Waals surface area (Å²) < 4.78 is 0. The third kappa shape index (κ3) is 0.854. The molecular formula is C12H18S. The summed E-state index contributed by atoms with van der Waals surface area (Å²) in [6.45, 7) is 0. The van der Waals surface area contributed by atoms with Gasteiger partial charge in [-0.2, -0.15) is 11.8 Å². The van der Waals surface area contributed by atoms with Crippen LogP contribution in [0.1, 0.15) is 32.1 Å². The van der Waals surface area contributed by atoms with E-state index in [1.807, 2.05) is 0 Å². The first-order valence-electron chi connectivity index (χ1n) is 6.05. The van der Waals surface area contributed by atoms with Crippen molar-refractivity contribution in [3.05, 3.63) is 0 Å². The molecule has 4 saturated carbocycles. The topological polar surface area (TPSA) is 0 Å². The molecule has 4 atom stereocenters. The van der Waals surface area contributed by atoms with Gasteiger partial charge in [0.2, 0.25) is 0 Å². The van der Waals surface area contributed by atoms with Crippen LogP contribution in [0.4, 0.5) is 0 Å². The first-order valence-corrected chi connectivity index (χ1v) is 7.10. The van der Waals surface area contributed by atoms with Gasteiger partial charge < -0.3 is 0 Å². The van der Waals surface area contributed by atoms with Crippen molar-refractivity contribution in [2.75, 3.05) is 5.75 Å². The van der Waals surface area contributed by atoms with Crippen LogP contribution >= 0.6 is 11.8 Å². The van der Waals surface area contributed by atoms with Crippen LogP contribution in [0.25, 0.3) is 0 Å². The summed E-state index contributed by atoms with van der Waals surface area (Å²) in [7, 11) is 0. The van der Waals surface area contributed by atoms with E-state index in [2.05, 4.69) is 11.8 Å². The number of rotatable bonds is 0. The van der Waals surface area contributed by atoms with Crippen LogP contribution in [0, 0.1) is 29.6 Å². The summed E-state index contributed by atoms with van der Waals surface area (Å²) in [5, 5.41) is 1.12. The Balaban J connectivity index is 1.70. The van der Waals surface area contributed by atoms with E-state index in [1.54, 1.807) is 32.1 Å². The van der Waals surface area contributed by atoms with Gasteiger partial charge in [0.25, 0.3) is 0 Å². The van der Waals surface area contributed by atoms with Gasteiger partial charge in [0.15, 0.2) is 0 Å². The van der Waals surface area contributed by atoms with Gasteiger partial charge in [0.1, 0.15) is 0 Å². The van der Waals surface area contributed by atoms with Crippen LogP contribution in [0.5, 0.6) is 0 Å². The molecule has 1 aliphatic heterocycles. The Morgan fingerprint density at radius 2 is 1.62 bits per heavy atom. The Bertz CT molecular complexity index is 231. The molecule has 0 N–H and O–H groups in total. The van der Waals surface area contributed by atoms with Crippen molar-refractivity contribution in [3.8, 4) is 0 Å². The summed E-state index contributed by atoms with van der Waals surface area (Å²) in [5.74, 6) is 7.39. The first kappa shape index (κ1) is 7.62. The van der Waals surface area contributed by atoms with Gasteiger partial charge in [-0.1, -0.05) is 0 Å². The Kier molecular flexibility index (Phi) is 1.45. The van der Waals surface area contributed by atoms with Gasteiger partial charge in [-0.25, -0.2) is 0 Å². The van der Waals surface area contributed by atoms with E-state index < -0.39 is 0 Å². The molecule has 4 unspecified atom stereocenters. The zero-order valence-corrected chi connectivity index (χ0v) is 8.93. The zero-order valence-electron chi connectivity index (χ0n) is 8.11. The molecule has 2 bridgehead atoms. The van der Waals surface area contributed by atoms with Gasteiger partial charge in [-0.3, -0.25) is 0 Å². The molecule has 0 radical (unpaired) electrons. The summed E-state index contributed by atoms with van der Waals surface area (Å²) in [4.78, 5) is 0. The number of hydrogen-bond donors (Lipinski definition) is 0. The van der Waals surface area contributed by atoms with Crippen LogP contribution in [-0.2, 0) is 0 Å². The molecule has 0 aromatic carbocycles. The van der Waals surface area contributed by atoms with Crippen LogP contribution < -0.4 is 0 Å². The third-order valence-corrected chi connectivity index (χ3v) is 6.99. The zero-order chi connectivity index (χ0) is 8.41. The standard InChI is InChI=1S/C12H18S/c1-2-10-9(1)7-5-8(6-7)12-11(10)3-4-13-12/h7-12H,1-6H2. The Hall–Kier alpha value is 0.350. The fraction of sp³-hybridized carbons (Fsp3) is 1.00. The highest BCUT2D eigenvalue weighted by Gasteiger charge is 2.55. The van der Waals surface area contributed by atoms with Crippen LogP contribution in [0.2, 0.25) is 0 Å². The molecule has 5 rings (SSSR count). The average Bonchev–Trinajstić information content (AvgIpc) is 2.37. The maximum atomic E-state index is 2.33. The Morgan fingerprint density at radius 3 is 2.38 bits per heavy atom. The maximum Gasteiger partial charge on any atom is 0.0107 e. The van der Waals surface area contributed by atoms with Gasteiger partial charge in [-0.15, -0.1) is 0 Å². The smallest absolute Gasteiger partial charge is 0.0107 e. The largest absolute Gasteiger partial charge is 0.158 e. The van der Waals surface area contributed by atoms with E-state index in [-0.39, 0.29) is 0 Å². The van der Waals surface area contributed by atoms with Crippen molar-refractivity contribution in [2.45, 2.75) is 37.4 Å². The number of hydrogen-bond acceptors (Lipinski definition) is 1. The van der Waals surface area contributed by atoms with E-state index >= 15 is 0 Å². The molecule has 72 valence electrons. The molecule has 4 aliphatic carbocycles. The summed E-state index contributed by atoms with van der Waals surface area (Å²) in [5.41, 5.74) is 0. The minimum Gasteiger partial charge on any atom is -0.158 e. The van der Waals surface area contributed by atoms with E-state index in [9.17, 15) is 0 Å². The molecule has 1 heterocycles. The van der Waals surface area contributed by atoms with Crippen molar-refractivity contribution in [1.82, 2.24) is 0 Å². The lowest BCUT2D eigenvalue weighted by molar-refractivity contribution is 0.0441. The summed E-state index contributed by atoms with van der Waals surface area (Å²) >= 11 is 2.33. The number of thioether (sulfide) groups is 1. The fourth-order valence-corrected chi connectivity index (χ4v) is 6.33. The molecule has 0 spiro atoms. The van der Waals surface area contributed by atoms with E-state index in [0.717, 1.165) is 11.2 Å². The lowest BCUT2D eigenvalue weighted by Gasteiger charge is -2.45. The van der Waals surface area contributed by atoms with Gasteiger partial charge >= 0.3 is 0 Å². The molecule has 5 fully saturated rings. The van der Waals surface area contributed by atoms with Crippen LogP contribution in [-0.4, -0.2) is 11.0 Å². The lowest BCUT2D eigenvalue weighted by atomic mass is 9.60. The highest BCUT2D eigenvalue weighted by Crippen LogP contribution is 2.63. The van der Waals surface area contributed by atoms with Crippen molar-refractivity contribution >= 4 is 11.8 Å². The second-order valence-electron chi connectivity index (χ2n) is 5.68. The Morgan fingerprint density at radius 1 is 0.769 bits per heavy atom. The third-order valence-electron chi connectivity index (χ3n) is 5.40. The minimum absolute atomic E-state index is 1.12. The molecule has 13 heavy (non-hydrogen) atoms. The highest BCUT2D eigenvalue weighted by molar-refractivity contribution is 8.00. The summed E-state index contributed by atoms with van der Waals surface area (Å²) in [6.07, 6.45) is 8.00. The quantitative estimate of drug-likeness (QED) is 0.571. The van der Waals surface area contributed by atoms with Crippen molar-refractivity contribution < 1.29 is 0 Å². The van der Waals surface area contributed by atoms with Crippen molar-refractivity contribution in [1.29, 1.82) is 0 Å². The van der Waals surface area contributed by atoms with E-state index in [4.69, 9.17) is 0 Å². The molecule has 5 aliphatic rings. The second-order valence-corrected chi connectivity index (χ2v) is 6.97. The summed E-state index contributed by atoms with van der Waals surface area (Å²) in [6, 6.07) is 0. The molecule has 1 saturated heterocycles. The SMILES string of the molecule is C1CC2C3CCC3C3CC(C3)C2S1. The molecule has 0 nitrogen and oxygen atoms in total. The molecule has 0 amide bonds. The average molecular weight is 194 g/mol. The van der Waals surface area contributed by atoms with E-state index in [0.29, 0.717) is 0 Å². The van der Waals surface area contributed by atoms with Crippen LogP contribution in [0.3, 0.4) is 0 Å². The molecule has 0 aromatic heterocycles. The van der Waals surface area contributed by atoms with Gasteiger partial charge in [0, 0.05) is 5.25 Å². The predicted octanol–water partition coefficient (Wildman–Crippen LogP) is 3.17. The van der Waals surface area contributed by atoms with Gasteiger partial charge in [0.05, 0.1) is 0 Å². The molecule has 1 heteroatoms. The molecular weight excluding hydrogens is 176 g/mol. The highest BCUT2D eigenvalue weighted by atomic mass is 32.2. The van der Waals surface area contributed by atoms with Gasteiger partial charge in [-0.05, 0) is 67.4 Å². The van der Waals surface area contributed by atoms with Crippen molar-refractivity contribution in [2.24, 2.45) is 29.6 Å². The molecule has 0 aromatic rings. The van der Waals surface area contributed by atoms with Crippen molar-refractivity contribution in [3.63, 3.8) is 0 Å². The normalized spacial score (nSPS) is 62.8. The predicted molar refractivity (Wildman–Crippen MR) is 56.8 cm³/mol. The van der Waals surface area contributed by atoms with E-state index in [1.165, 1.54) is 29.4 Å².